The molecule has 0 fully saturated rings. The minimum absolute atomic E-state index is 0.188. The van der Waals surface area contributed by atoms with Gasteiger partial charge in [0.2, 0.25) is 10.0 Å². The van der Waals surface area contributed by atoms with Crippen LogP contribution in [0.3, 0.4) is 0 Å². The Hall–Kier alpha value is -3.57. The van der Waals surface area contributed by atoms with Crippen LogP contribution in [0.15, 0.2) is 59.3 Å². The van der Waals surface area contributed by atoms with Crippen LogP contribution in [-0.4, -0.2) is 41.8 Å². The molecule has 0 radical (unpaired) electrons. The largest absolute Gasteiger partial charge is 0.367 e. The zero-order chi connectivity index (χ0) is 21.7. The molecule has 160 valence electrons. The Kier molecular flexibility index (Phi) is 6.05. The van der Waals surface area contributed by atoms with Crippen LogP contribution in [0.2, 0.25) is 0 Å². The molecular weight excluding hydrogens is 418 g/mol. The minimum Gasteiger partial charge on any atom is -0.367 e. The van der Waals surface area contributed by atoms with Crippen molar-refractivity contribution in [3.63, 3.8) is 0 Å². The van der Waals surface area contributed by atoms with E-state index >= 15 is 0 Å². The third-order valence-corrected chi connectivity index (χ3v) is 5.66. The Morgan fingerprint density at radius 1 is 0.935 bits per heavy atom. The fraction of sp³-hybridized carbons (Fsp3) is 0.200. The van der Waals surface area contributed by atoms with E-state index in [9.17, 15) is 8.42 Å². The topological polar surface area (TPSA) is 135 Å². The number of pyridine rings is 1. The molecule has 11 heteroatoms. The van der Waals surface area contributed by atoms with Gasteiger partial charge in [0, 0.05) is 24.7 Å². The number of aryl methyl sites for hydroxylation is 1. The number of para-hydroxylation sites is 1. The molecule has 10 nitrogen and oxygen atoms in total. The lowest BCUT2D eigenvalue weighted by Crippen LogP contribution is -2.30. The first kappa shape index (κ1) is 20.7. The van der Waals surface area contributed by atoms with E-state index in [1.54, 1.807) is 36.5 Å². The third-order valence-electron chi connectivity index (χ3n) is 4.36. The van der Waals surface area contributed by atoms with Gasteiger partial charge in [0.15, 0.2) is 11.4 Å². The number of benzene rings is 1. The predicted octanol–water partition coefficient (Wildman–Crippen LogP) is 2.60. The van der Waals surface area contributed by atoms with E-state index < -0.39 is 10.0 Å². The summed E-state index contributed by atoms with van der Waals surface area (Å²) in [5.74, 6) is 1.51. The number of fused-ring (bicyclic) bond motifs is 1. The maximum atomic E-state index is 12.3. The third kappa shape index (κ3) is 5.53. The summed E-state index contributed by atoms with van der Waals surface area (Å²) in [4.78, 5) is 4.25. The molecule has 0 saturated carbocycles. The summed E-state index contributed by atoms with van der Waals surface area (Å²) >= 11 is 0. The number of rotatable bonds is 9. The molecule has 0 spiro atoms. The van der Waals surface area contributed by atoms with E-state index in [0.29, 0.717) is 40.7 Å². The van der Waals surface area contributed by atoms with E-state index in [2.05, 4.69) is 35.7 Å². The summed E-state index contributed by atoms with van der Waals surface area (Å²) in [6.07, 6.45) is 1.76. The number of aromatic nitrogens is 4. The highest BCUT2D eigenvalue weighted by Gasteiger charge is 2.16. The molecule has 0 unspecified atom stereocenters. The number of hydrogen-bond acceptors (Lipinski definition) is 9. The normalized spacial score (nSPS) is 11.5. The van der Waals surface area contributed by atoms with Crippen molar-refractivity contribution in [2.24, 2.45) is 0 Å². The van der Waals surface area contributed by atoms with Crippen LogP contribution in [-0.2, 0) is 15.8 Å². The molecule has 0 aliphatic rings. The van der Waals surface area contributed by atoms with Gasteiger partial charge in [0.25, 0.3) is 0 Å². The molecule has 4 aromatic rings. The Balaban J connectivity index is 1.25. The molecule has 31 heavy (non-hydrogen) atoms. The molecule has 3 aromatic heterocycles. The second-order valence-corrected chi connectivity index (χ2v) is 8.66. The maximum absolute atomic E-state index is 12.3. The number of nitrogens with one attached hydrogen (secondary N) is 3. The molecule has 4 rings (SSSR count). The monoisotopic (exact) mass is 439 g/mol. The molecule has 0 aliphatic heterocycles. The van der Waals surface area contributed by atoms with Crippen molar-refractivity contribution in [3.8, 4) is 0 Å². The van der Waals surface area contributed by atoms with Gasteiger partial charge in [0.05, 0.1) is 0 Å². The van der Waals surface area contributed by atoms with Crippen molar-refractivity contribution in [2.75, 3.05) is 23.7 Å². The van der Waals surface area contributed by atoms with Gasteiger partial charge in [-0.3, -0.25) is 0 Å². The van der Waals surface area contributed by atoms with Gasteiger partial charge >= 0.3 is 0 Å². The van der Waals surface area contributed by atoms with E-state index in [0.717, 1.165) is 5.56 Å². The van der Waals surface area contributed by atoms with E-state index in [1.165, 1.54) is 0 Å². The van der Waals surface area contributed by atoms with Crippen molar-refractivity contribution in [2.45, 2.75) is 12.7 Å². The quantitative estimate of drug-likeness (QED) is 0.336. The van der Waals surface area contributed by atoms with Crippen LogP contribution in [0.5, 0.6) is 0 Å². The number of anilines is 3. The summed E-state index contributed by atoms with van der Waals surface area (Å²) in [5.41, 5.74) is 2.01. The summed E-state index contributed by atoms with van der Waals surface area (Å²) in [6, 6.07) is 14.5. The van der Waals surface area contributed by atoms with Crippen molar-refractivity contribution in [3.05, 3.63) is 66.0 Å². The summed E-state index contributed by atoms with van der Waals surface area (Å²) in [6.45, 7) is 2.50. The number of sulfonamides is 1. The van der Waals surface area contributed by atoms with Crippen LogP contribution in [0, 0.1) is 6.92 Å². The van der Waals surface area contributed by atoms with Crippen molar-refractivity contribution in [1.29, 1.82) is 0 Å². The van der Waals surface area contributed by atoms with E-state index in [-0.39, 0.29) is 12.3 Å². The molecule has 0 atom stereocenters. The van der Waals surface area contributed by atoms with Gasteiger partial charge < -0.3 is 15.2 Å². The Morgan fingerprint density at radius 3 is 2.48 bits per heavy atom. The Morgan fingerprint density at radius 2 is 1.71 bits per heavy atom. The van der Waals surface area contributed by atoms with E-state index in [4.69, 9.17) is 4.52 Å². The first-order valence-electron chi connectivity index (χ1n) is 9.56. The average molecular weight is 440 g/mol. The summed E-state index contributed by atoms with van der Waals surface area (Å²) < 4.78 is 32.4. The molecule has 1 aromatic carbocycles. The molecule has 0 aliphatic carbocycles. The fourth-order valence-electron chi connectivity index (χ4n) is 2.84. The second kappa shape index (κ2) is 9.06. The SMILES string of the molecule is Cc1ccc(Nc2ccc(NCCNS(=O)(=O)Cc3noc4ccccc34)nn2)nc1. The molecule has 3 heterocycles. The maximum Gasteiger partial charge on any atom is 0.217 e. The highest BCUT2D eigenvalue weighted by atomic mass is 32.2. The van der Waals surface area contributed by atoms with Crippen molar-refractivity contribution in [1.82, 2.24) is 25.1 Å². The summed E-state index contributed by atoms with van der Waals surface area (Å²) in [5, 5.41) is 18.8. The average Bonchev–Trinajstić information content (AvgIpc) is 3.16. The lowest BCUT2D eigenvalue weighted by atomic mass is 10.2. The van der Waals surface area contributed by atoms with Crippen LogP contribution in [0.1, 0.15) is 11.3 Å². The fourth-order valence-corrected chi connectivity index (χ4v) is 3.92. The first-order valence-corrected chi connectivity index (χ1v) is 11.2. The van der Waals surface area contributed by atoms with E-state index in [1.807, 2.05) is 25.1 Å². The molecule has 0 bridgehead atoms. The summed E-state index contributed by atoms with van der Waals surface area (Å²) in [7, 11) is -3.56. The molecular formula is C20H21N7O3S. The van der Waals surface area contributed by atoms with Gasteiger partial charge in [-0.25, -0.2) is 18.1 Å². The zero-order valence-electron chi connectivity index (χ0n) is 16.7. The van der Waals surface area contributed by atoms with Gasteiger partial charge in [-0.05, 0) is 42.8 Å². The second-order valence-electron chi connectivity index (χ2n) is 6.86. The van der Waals surface area contributed by atoms with Crippen LogP contribution in [0.25, 0.3) is 11.0 Å². The molecule has 0 amide bonds. The minimum atomic E-state index is -3.56. The highest BCUT2D eigenvalue weighted by Crippen LogP contribution is 2.19. The van der Waals surface area contributed by atoms with Gasteiger partial charge in [-0.15, -0.1) is 10.2 Å². The van der Waals surface area contributed by atoms with Gasteiger partial charge in [-0.2, -0.15) is 0 Å². The number of hydrogen-bond donors (Lipinski definition) is 3. The zero-order valence-corrected chi connectivity index (χ0v) is 17.6. The first-order chi connectivity index (χ1) is 15.0. The van der Waals surface area contributed by atoms with Gasteiger partial charge in [-0.1, -0.05) is 23.4 Å². The highest BCUT2D eigenvalue weighted by molar-refractivity contribution is 7.88. The van der Waals surface area contributed by atoms with Crippen molar-refractivity contribution >= 4 is 38.4 Å². The van der Waals surface area contributed by atoms with Crippen LogP contribution >= 0.6 is 0 Å². The van der Waals surface area contributed by atoms with Crippen molar-refractivity contribution < 1.29 is 12.9 Å². The van der Waals surface area contributed by atoms with Gasteiger partial charge in [0.1, 0.15) is 23.1 Å². The molecule has 3 N–H and O–H groups in total. The predicted molar refractivity (Wildman–Crippen MR) is 117 cm³/mol. The standard InChI is InChI=1S/C20H21N7O3S/c1-14-6-7-18(22-12-14)24-20-9-8-19(25-26-20)21-10-11-23-31(28,29)13-16-15-4-2-3-5-17(15)30-27-16/h2-9,12,23H,10-11,13H2,1H3,(H,21,25)(H,22,24,26). The lowest BCUT2D eigenvalue weighted by molar-refractivity contribution is 0.448. The van der Waals surface area contributed by atoms with Crippen LogP contribution < -0.4 is 15.4 Å². The lowest BCUT2D eigenvalue weighted by Gasteiger charge is -2.08. The Bertz CT molecular complexity index is 1260. The van der Waals surface area contributed by atoms with Crippen LogP contribution in [0.4, 0.5) is 17.5 Å². The number of nitrogens with zero attached hydrogens (tertiary/aromatic N) is 4. The Labute approximate surface area is 179 Å². The molecule has 0 saturated heterocycles. The smallest absolute Gasteiger partial charge is 0.217 e.